The number of primary amides is 1. The van der Waals surface area contributed by atoms with E-state index in [0.29, 0.717) is 5.92 Å². The van der Waals surface area contributed by atoms with Crippen LogP contribution in [0.4, 0.5) is 4.79 Å². The van der Waals surface area contributed by atoms with Gasteiger partial charge in [0.1, 0.15) is 6.10 Å². The summed E-state index contributed by atoms with van der Waals surface area (Å²) in [5.74, 6) is 0.528. The molecule has 14 heavy (non-hydrogen) atoms. The van der Waals surface area contributed by atoms with Gasteiger partial charge in [-0.05, 0) is 24.3 Å². The van der Waals surface area contributed by atoms with E-state index in [9.17, 15) is 4.79 Å². The topological polar surface area (TPSA) is 52.3 Å². The molecule has 1 aromatic carbocycles. The molecule has 1 aromatic rings. The first kappa shape index (κ1) is 9.06. The zero-order valence-corrected chi connectivity index (χ0v) is 7.85. The lowest BCUT2D eigenvalue weighted by Gasteiger charge is -2.34. The van der Waals surface area contributed by atoms with E-state index in [-0.39, 0.29) is 6.10 Å². The van der Waals surface area contributed by atoms with Gasteiger partial charge in [-0.1, -0.05) is 30.3 Å². The second kappa shape index (κ2) is 3.70. The highest BCUT2D eigenvalue weighted by Gasteiger charge is 2.32. The van der Waals surface area contributed by atoms with Crippen molar-refractivity contribution in [2.24, 2.45) is 5.73 Å². The molecule has 0 aromatic heterocycles. The molecule has 0 heterocycles. The predicted molar refractivity (Wildman–Crippen MR) is 52.9 cm³/mol. The minimum Gasteiger partial charge on any atom is -0.446 e. The number of nitrogens with two attached hydrogens (primary N) is 1. The van der Waals surface area contributed by atoms with Gasteiger partial charge in [-0.15, -0.1) is 0 Å². The Morgan fingerprint density at radius 2 is 1.93 bits per heavy atom. The van der Waals surface area contributed by atoms with E-state index in [1.807, 2.05) is 18.2 Å². The Bertz CT molecular complexity index is 317. The largest absolute Gasteiger partial charge is 0.446 e. The van der Waals surface area contributed by atoms with Crippen LogP contribution in [0, 0.1) is 0 Å². The van der Waals surface area contributed by atoms with E-state index in [2.05, 4.69) is 12.1 Å². The van der Waals surface area contributed by atoms with Crippen LogP contribution in [0.2, 0.25) is 0 Å². The zero-order valence-electron chi connectivity index (χ0n) is 7.85. The number of ether oxygens (including phenoxy) is 1. The average molecular weight is 191 g/mol. The molecule has 0 radical (unpaired) electrons. The predicted octanol–water partition coefficient (Wildman–Crippen LogP) is 2.03. The van der Waals surface area contributed by atoms with Gasteiger partial charge in [-0.2, -0.15) is 0 Å². The van der Waals surface area contributed by atoms with Crippen LogP contribution in [0.5, 0.6) is 0 Å². The second-order valence-corrected chi connectivity index (χ2v) is 3.64. The molecule has 1 fully saturated rings. The fourth-order valence-corrected chi connectivity index (χ4v) is 1.82. The SMILES string of the molecule is NC(=O)OC1CC(c2ccccc2)C1. The molecule has 2 N–H and O–H groups in total. The van der Waals surface area contributed by atoms with E-state index < -0.39 is 6.09 Å². The van der Waals surface area contributed by atoms with Crippen molar-refractivity contribution in [2.45, 2.75) is 24.9 Å². The fourth-order valence-electron chi connectivity index (χ4n) is 1.82. The molecule has 0 bridgehead atoms. The van der Waals surface area contributed by atoms with Crippen molar-refractivity contribution in [3.05, 3.63) is 35.9 Å². The summed E-state index contributed by atoms with van der Waals surface area (Å²) in [4.78, 5) is 10.4. The molecule has 2 rings (SSSR count). The Morgan fingerprint density at radius 3 is 2.50 bits per heavy atom. The number of amides is 1. The highest BCUT2D eigenvalue weighted by Crippen LogP contribution is 2.38. The maximum atomic E-state index is 10.4. The maximum absolute atomic E-state index is 10.4. The van der Waals surface area contributed by atoms with Crippen LogP contribution in [-0.4, -0.2) is 12.2 Å². The van der Waals surface area contributed by atoms with Gasteiger partial charge in [-0.3, -0.25) is 0 Å². The third-order valence-corrected chi connectivity index (χ3v) is 2.65. The quantitative estimate of drug-likeness (QED) is 0.777. The van der Waals surface area contributed by atoms with E-state index >= 15 is 0 Å². The minimum atomic E-state index is -0.665. The molecule has 74 valence electrons. The van der Waals surface area contributed by atoms with Gasteiger partial charge >= 0.3 is 6.09 Å². The van der Waals surface area contributed by atoms with Gasteiger partial charge in [0.05, 0.1) is 0 Å². The number of carbonyl (C=O) groups excluding carboxylic acids is 1. The molecule has 1 aliphatic carbocycles. The van der Waals surface area contributed by atoms with E-state index in [0.717, 1.165) is 12.8 Å². The molecule has 0 saturated heterocycles. The van der Waals surface area contributed by atoms with Crippen LogP contribution in [0.15, 0.2) is 30.3 Å². The van der Waals surface area contributed by atoms with Crippen LogP contribution >= 0.6 is 0 Å². The van der Waals surface area contributed by atoms with Crippen LogP contribution < -0.4 is 5.73 Å². The Kier molecular flexibility index (Phi) is 2.39. The molecule has 1 amide bonds. The molecule has 0 spiro atoms. The summed E-state index contributed by atoms with van der Waals surface area (Å²) in [6.07, 6.45) is 1.15. The summed E-state index contributed by atoms with van der Waals surface area (Å²) in [6, 6.07) is 10.3. The van der Waals surface area contributed by atoms with Crippen molar-refractivity contribution in [2.75, 3.05) is 0 Å². The maximum Gasteiger partial charge on any atom is 0.404 e. The molecular formula is C11H13NO2. The normalized spacial score (nSPS) is 25.1. The molecule has 3 nitrogen and oxygen atoms in total. The van der Waals surface area contributed by atoms with Crippen LogP contribution in [-0.2, 0) is 4.74 Å². The van der Waals surface area contributed by atoms with E-state index in [1.165, 1.54) is 5.56 Å². The zero-order chi connectivity index (χ0) is 9.97. The Balaban J connectivity index is 1.86. The third kappa shape index (κ3) is 1.87. The molecule has 0 atom stereocenters. The smallest absolute Gasteiger partial charge is 0.404 e. The number of rotatable bonds is 2. The third-order valence-electron chi connectivity index (χ3n) is 2.65. The van der Waals surface area contributed by atoms with Crippen molar-refractivity contribution in [3.8, 4) is 0 Å². The standard InChI is InChI=1S/C11H13NO2/c12-11(13)14-10-6-9(7-10)8-4-2-1-3-5-8/h1-5,9-10H,6-7H2,(H2,12,13). The first-order valence-electron chi connectivity index (χ1n) is 4.76. The molecule has 0 unspecified atom stereocenters. The lowest BCUT2D eigenvalue weighted by Crippen LogP contribution is -2.33. The Labute approximate surface area is 82.9 Å². The summed E-state index contributed by atoms with van der Waals surface area (Å²) in [6.45, 7) is 0. The number of carbonyl (C=O) groups is 1. The van der Waals surface area contributed by atoms with Crippen LogP contribution in [0.25, 0.3) is 0 Å². The first-order valence-corrected chi connectivity index (χ1v) is 4.76. The van der Waals surface area contributed by atoms with Crippen molar-refractivity contribution in [1.29, 1.82) is 0 Å². The highest BCUT2D eigenvalue weighted by molar-refractivity contribution is 5.64. The van der Waals surface area contributed by atoms with Crippen LogP contribution in [0.1, 0.15) is 24.3 Å². The summed E-state index contributed by atoms with van der Waals surface area (Å²) in [5, 5.41) is 0. The Hall–Kier alpha value is -1.51. The summed E-state index contributed by atoms with van der Waals surface area (Å²) >= 11 is 0. The van der Waals surface area contributed by atoms with Gasteiger partial charge in [0, 0.05) is 0 Å². The molecule has 0 aliphatic heterocycles. The van der Waals surface area contributed by atoms with Gasteiger partial charge < -0.3 is 10.5 Å². The Morgan fingerprint density at radius 1 is 1.29 bits per heavy atom. The summed E-state index contributed by atoms with van der Waals surface area (Å²) < 4.78 is 4.88. The fraction of sp³-hybridized carbons (Fsp3) is 0.364. The van der Waals surface area contributed by atoms with Gasteiger partial charge in [0.25, 0.3) is 0 Å². The lowest BCUT2D eigenvalue weighted by atomic mass is 9.77. The second-order valence-electron chi connectivity index (χ2n) is 3.64. The number of hydrogen-bond donors (Lipinski definition) is 1. The minimum absolute atomic E-state index is 0.0257. The highest BCUT2D eigenvalue weighted by atomic mass is 16.6. The molecule has 1 saturated carbocycles. The summed E-state index contributed by atoms with van der Waals surface area (Å²) in [5.41, 5.74) is 6.24. The lowest BCUT2D eigenvalue weighted by molar-refractivity contribution is 0.0454. The van der Waals surface area contributed by atoms with Crippen molar-refractivity contribution >= 4 is 6.09 Å². The van der Waals surface area contributed by atoms with E-state index in [1.54, 1.807) is 0 Å². The molecule has 1 aliphatic rings. The number of benzene rings is 1. The van der Waals surface area contributed by atoms with Crippen molar-refractivity contribution in [3.63, 3.8) is 0 Å². The van der Waals surface area contributed by atoms with E-state index in [4.69, 9.17) is 10.5 Å². The van der Waals surface area contributed by atoms with Crippen molar-refractivity contribution < 1.29 is 9.53 Å². The number of hydrogen-bond acceptors (Lipinski definition) is 2. The molecular weight excluding hydrogens is 178 g/mol. The molecule has 3 heteroatoms. The first-order chi connectivity index (χ1) is 6.75. The van der Waals surface area contributed by atoms with Gasteiger partial charge in [0.2, 0.25) is 0 Å². The van der Waals surface area contributed by atoms with Crippen molar-refractivity contribution in [1.82, 2.24) is 0 Å². The van der Waals surface area contributed by atoms with Gasteiger partial charge in [-0.25, -0.2) is 4.79 Å². The monoisotopic (exact) mass is 191 g/mol. The average Bonchev–Trinajstić information content (AvgIpc) is 2.12. The van der Waals surface area contributed by atoms with Crippen LogP contribution in [0.3, 0.4) is 0 Å². The summed E-state index contributed by atoms with van der Waals surface area (Å²) in [7, 11) is 0. The van der Waals surface area contributed by atoms with Gasteiger partial charge in [0.15, 0.2) is 0 Å².